The standard InChI is InChI=1S/C13H16FNOS/c1-17-12-7-6-11(8-12)15-13(16)9-2-4-10(14)5-3-9/h2-5,11-12H,6-8H2,1H3,(H,15,16). The average molecular weight is 253 g/mol. The SMILES string of the molecule is CSC1CCC(NC(=O)c2ccc(F)cc2)C1. The van der Waals surface area contributed by atoms with Crippen LogP contribution < -0.4 is 5.32 Å². The first-order valence-corrected chi connectivity index (χ1v) is 7.07. The van der Waals surface area contributed by atoms with Gasteiger partial charge in [-0.3, -0.25) is 4.79 Å². The molecule has 0 saturated heterocycles. The quantitative estimate of drug-likeness (QED) is 0.897. The Morgan fingerprint density at radius 3 is 2.65 bits per heavy atom. The number of hydrogen-bond donors (Lipinski definition) is 1. The summed E-state index contributed by atoms with van der Waals surface area (Å²) in [7, 11) is 0. The molecule has 2 nitrogen and oxygen atoms in total. The molecule has 92 valence electrons. The topological polar surface area (TPSA) is 29.1 Å². The van der Waals surface area contributed by atoms with Crippen LogP contribution in [0.4, 0.5) is 4.39 Å². The highest BCUT2D eigenvalue weighted by molar-refractivity contribution is 7.99. The van der Waals surface area contributed by atoms with Crippen LogP contribution in [0.5, 0.6) is 0 Å². The zero-order valence-electron chi connectivity index (χ0n) is 9.78. The van der Waals surface area contributed by atoms with Crippen molar-refractivity contribution < 1.29 is 9.18 Å². The van der Waals surface area contributed by atoms with Gasteiger partial charge in [0.25, 0.3) is 5.91 Å². The van der Waals surface area contributed by atoms with Crippen LogP contribution in [-0.2, 0) is 0 Å². The molecule has 0 aliphatic heterocycles. The number of carbonyl (C=O) groups is 1. The number of benzene rings is 1. The first kappa shape index (κ1) is 12.4. The van der Waals surface area contributed by atoms with Gasteiger partial charge in [-0.1, -0.05) is 0 Å². The largest absolute Gasteiger partial charge is 0.349 e. The van der Waals surface area contributed by atoms with Crippen LogP contribution in [0.2, 0.25) is 0 Å². The van der Waals surface area contributed by atoms with E-state index >= 15 is 0 Å². The van der Waals surface area contributed by atoms with Gasteiger partial charge in [0, 0.05) is 16.9 Å². The molecule has 1 aliphatic carbocycles. The van der Waals surface area contributed by atoms with E-state index in [1.807, 2.05) is 11.8 Å². The monoisotopic (exact) mass is 253 g/mol. The molecule has 1 N–H and O–H groups in total. The molecule has 1 fully saturated rings. The Morgan fingerprint density at radius 2 is 2.06 bits per heavy atom. The van der Waals surface area contributed by atoms with Gasteiger partial charge in [-0.05, 0) is 49.8 Å². The summed E-state index contributed by atoms with van der Waals surface area (Å²) in [6.07, 6.45) is 5.34. The molecule has 1 amide bonds. The summed E-state index contributed by atoms with van der Waals surface area (Å²) in [6.45, 7) is 0. The molecular formula is C13H16FNOS. The van der Waals surface area contributed by atoms with Gasteiger partial charge in [0.2, 0.25) is 0 Å². The van der Waals surface area contributed by atoms with E-state index in [1.54, 1.807) is 0 Å². The summed E-state index contributed by atoms with van der Waals surface area (Å²) >= 11 is 1.86. The molecule has 0 aromatic heterocycles. The highest BCUT2D eigenvalue weighted by Crippen LogP contribution is 2.28. The van der Waals surface area contributed by atoms with Gasteiger partial charge in [0.1, 0.15) is 5.82 Å². The maximum atomic E-state index is 12.7. The number of hydrogen-bond acceptors (Lipinski definition) is 2. The molecular weight excluding hydrogens is 237 g/mol. The Bertz CT molecular complexity index is 393. The molecule has 0 spiro atoms. The van der Waals surface area contributed by atoms with Gasteiger partial charge in [0.05, 0.1) is 0 Å². The van der Waals surface area contributed by atoms with Crippen molar-refractivity contribution in [3.63, 3.8) is 0 Å². The maximum Gasteiger partial charge on any atom is 0.251 e. The summed E-state index contributed by atoms with van der Waals surface area (Å²) in [6, 6.07) is 5.94. The number of carbonyl (C=O) groups excluding carboxylic acids is 1. The summed E-state index contributed by atoms with van der Waals surface area (Å²) < 4.78 is 12.7. The van der Waals surface area contributed by atoms with Crippen LogP contribution in [0, 0.1) is 5.82 Å². The predicted molar refractivity (Wildman–Crippen MR) is 68.8 cm³/mol. The second-order valence-electron chi connectivity index (χ2n) is 4.35. The number of rotatable bonds is 3. The number of amides is 1. The maximum absolute atomic E-state index is 12.7. The van der Waals surface area contributed by atoms with E-state index in [1.165, 1.54) is 24.3 Å². The Morgan fingerprint density at radius 1 is 1.35 bits per heavy atom. The van der Waals surface area contributed by atoms with Gasteiger partial charge < -0.3 is 5.32 Å². The Balaban J connectivity index is 1.91. The number of thioether (sulfide) groups is 1. The molecule has 0 bridgehead atoms. The van der Waals surface area contributed by atoms with Gasteiger partial charge in [-0.2, -0.15) is 11.8 Å². The summed E-state index contributed by atoms with van der Waals surface area (Å²) in [5, 5.41) is 3.66. The lowest BCUT2D eigenvalue weighted by atomic mass is 10.2. The lowest BCUT2D eigenvalue weighted by Crippen LogP contribution is -2.33. The third-order valence-corrected chi connectivity index (χ3v) is 4.25. The van der Waals surface area contributed by atoms with Crippen molar-refractivity contribution in [2.75, 3.05) is 6.26 Å². The van der Waals surface area contributed by atoms with Crippen molar-refractivity contribution in [2.45, 2.75) is 30.6 Å². The van der Waals surface area contributed by atoms with E-state index in [0.29, 0.717) is 10.8 Å². The predicted octanol–water partition coefficient (Wildman–Crippen LogP) is 2.84. The molecule has 17 heavy (non-hydrogen) atoms. The zero-order chi connectivity index (χ0) is 12.3. The van der Waals surface area contributed by atoms with E-state index < -0.39 is 0 Å². The van der Waals surface area contributed by atoms with Gasteiger partial charge in [0.15, 0.2) is 0 Å². The van der Waals surface area contributed by atoms with Crippen LogP contribution in [-0.4, -0.2) is 23.5 Å². The fourth-order valence-electron chi connectivity index (χ4n) is 2.16. The molecule has 2 unspecified atom stereocenters. The minimum atomic E-state index is -0.315. The first-order valence-electron chi connectivity index (χ1n) is 5.78. The second kappa shape index (κ2) is 5.54. The van der Waals surface area contributed by atoms with Crippen LogP contribution in [0.25, 0.3) is 0 Å². The summed E-state index contributed by atoms with van der Waals surface area (Å²) in [5.41, 5.74) is 0.527. The van der Waals surface area contributed by atoms with Crippen LogP contribution >= 0.6 is 11.8 Å². The number of nitrogens with one attached hydrogen (secondary N) is 1. The van der Waals surface area contributed by atoms with Crippen LogP contribution in [0.15, 0.2) is 24.3 Å². The van der Waals surface area contributed by atoms with Gasteiger partial charge >= 0.3 is 0 Å². The van der Waals surface area contributed by atoms with Crippen molar-refractivity contribution in [3.8, 4) is 0 Å². The molecule has 1 aromatic rings. The fraction of sp³-hybridized carbons (Fsp3) is 0.462. The first-order chi connectivity index (χ1) is 8.19. The Hall–Kier alpha value is -1.03. The third-order valence-electron chi connectivity index (χ3n) is 3.16. The van der Waals surface area contributed by atoms with Crippen LogP contribution in [0.1, 0.15) is 29.6 Å². The Kier molecular flexibility index (Phi) is 4.05. The van der Waals surface area contributed by atoms with E-state index in [4.69, 9.17) is 0 Å². The van der Waals surface area contributed by atoms with E-state index in [2.05, 4.69) is 11.6 Å². The lowest BCUT2D eigenvalue weighted by Gasteiger charge is -2.12. The highest BCUT2D eigenvalue weighted by Gasteiger charge is 2.25. The molecule has 4 heteroatoms. The normalized spacial score (nSPS) is 23.6. The summed E-state index contributed by atoms with van der Waals surface area (Å²) in [4.78, 5) is 11.9. The second-order valence-corrected chi connectivity index (χ2v) is 5.49. The summed E-state index contributed by atoms with van der Waals surface area (Å²) in [5.74, 6) is -0.415. The zero-order valence-corrected chi connectivity index (χ0v) is 10.6. The van der Waals surface area contributed by atoms with Crippen molar-refractivity contribution >= 4 is 17.7 Å². The molecule has 2 atom stereocenters. The Labute approximate surface area is 105 Å². The van der Waals surface area contributed by atoms with E-state index in [0.717, 1.165) is 19.3 Å². The van der Waals surface area contributed by atoms with Crippen molar-refractivity contribution in [1.82, 2.24) is 5.32 Å². The fourth-order valence-corrected chi connectivity index (χ4v) is 2.95. The highest BCUT2D eigenvalue weighted by atomic mass is 32.2. The van der Waals surface area contributed by atoms with Crippen molar-refractivity contribution in [1.29, 1.82) is 0 Å². The lowest BCUT2D eigenvalue weighted by molar-refractivity contribution is 0.0938. The number of halogens is 1. The molecule has 1 aliphatic rings. The minimum Gasteiger partial charge on any atom is -0.349 e. The van der Waals surface area contributed by atoms with E-state index in [-0.39, 0.29) is 17.8 Å². The molecule has 0 heterocycles. The average Bonchev–Trinajstić information content (AvgIpc) is 2.77. The minimum absolute atomic E-state index is 0.100. The third kappa shape index (κ3) is 3.22. The van der Waals surface area contributed by atoms with Crippen molar-refractivity contribution in [3.05, 3.63) is 35.6 Å². The van der Waals surface area contributed by atoms with Crippen molar-refractivity contribution in [2.24, 2.45) is 0 Å². The molecule has 1 saturated carbocycles. The molecule has 0 radical (unpaired) electrons. The molecule has 2 rings (SSSR count). The van der Waals surface area contributed by atoms with Gasteiger partial charge in [-0.25, -0.2) is 4.39 Å². The molecule has 1 aromatic carbocycles. The van der Waals surface area contributed by atoms with E-state index in [9.17, 15) is 9.18 Å². The smallest absolute Gasteiger partial charge is 0.251 e. The van der Waals surface area contributed by atoms with Gasteiger partial charge in [-0.15, -0.1) is 0 Å². The van der Waals surface area contributed by atoms with Crippen LogP contribution in [0.3, 0.4) is 0 Å².